The van der Waals surface area contributed by atoms with Crippen molar-refractivity contribution < 1.29 is 14.3 Å². The van der Waals surface area contributed by atoms with Gasteiger partial charge >= 0.3 is 0 Å². The number of rotatable bonds is 8. The molecule has 2 aromatic carbocycles. The molecule has 31 heavy (non-hydrogen) atoms. The number of nitrogens with one attached hydrogen (secondary N) is 1. The lowest BCUT2D eigenvalue weighted by Crippen LogP contribution is -2.53. The van der Waals surface area contributed by atoms with Gasteiger partial charge in [-0.05, 0) is 69.0 Å². The number of amides is 2. The molecule has 0 bridgehead atoms. The van der Waals surface area contributed by atoms with Crippen molar-refractivity contribution in [2.24, 2.45) is 0 Å². The fourth-order valence-corrected chi connectivity index (χ4v) is 3.28. The van der Waals surface area contributed by atoms with Crippen molar-refractivity contribution >= 4 is 23.4 Å². The van der Waals surface area contributed by atoms with E-state index in [0.29, 0.717) is 16.7 Å². The van der Waals surface area contributed by atoms with Crippen molar-refractivity contribution in [3.8, 4) is 5.75 Å². The standard InChI is InChI=1S/C25H33ClN2O3/c1-17(2)20-10-12-22(13-11-20)31-16-23(29)28(15-19-8-7-9-21(26)14-19)18(3)24(30)27-25(4,5)6/h7-14,17-18H,15-16H2,1-6H3,(H,27,30)/t18-/m0/s1. The number of carbonyl (C=O) groups is 2. The normalized spacial score (nSPS) is 12.4. The number of halogens is 1. The molecule has 0 fully saturated rings. The van der Waals surface area contributed by atoms with E-state index in [-0.39, 0.29) is 25.0 Å². The number of ether oxygens (including phenoxy) is 1. The minimum atomic E-state index is -0.669. The summed E-state index contributed by atoms with van der Waals surface area (Å²) in [5, 5.41) is 3.52. The second-order valence-electron chi connectivity index (χ2n) is 9.08. The third-order valence-corrected chi connectivity index (χ3v) is 5.05. The van der Waals surface area contributed by atoms with Gasteiger partial charge in [-0.15, -0.1) is 0 Å². The van der Waals surface area contributed by atoms with Crippen LogP contribution in [0.25, 0.3) is 0 Å². The summed E-state index contributed by atoms with van der Waals surface area (Å²) in [6.07, 6.45) is 0. The van der Waals surface area contributed by atoms with E-state index in [9.17, 15) is 9.59 Å². The summed E-state index contributed by atoms with van der Waals surface area (Å²) in [5.74, 6) is 0.548. The zero-order valence-corrected chi connectivity index (χ0v) is 20.0. The zero-order chi connectivity index (χ0) is 23.2. The molecule has 0 aliphatic rings. The van der Waals surface area contributed by atoms with E-state index < -0.39 is 11.6 Å². The van der Waals surface area contributed by atoms with Crippen molar-refractivity contribution in [1.29, 1.82) is 0 Å². The number of carbonyl (C=O) groups excluding carboxylic acids is 2. The average Bonchev–Trinajstić information content (AvgIpc) is 2.68. The quantitative estimate of drug-likeness (QED) is 0.610. The molecule has 0 heterocycles. The monoisotopic (exact) mass is 444 g/mol. The van der Waals surface area contributed by atoms with Crippen LogP contribution in [0.4, 0.5) is 0 Å². The summed E-state index contributed by atoms with van der Waals surface area (Å²) in [6.45, 7) is 11.8. The summed E-state index contributed by atoms with van der Waals surface area (Å²) in [6, 6.07) is 14.3. The van der Waals surface area contributed by atoms with E-state index in [1.165, 1.54) is 10.5 Å². The molecule has 0 radical (unpaired) electrons. The van der Waals surface area contributed by atoms with Crippen LogP contribution < -0.4 is 10.1 Å². The highest BCUT2D eigenvalue weighted by atomic mass is 35.5. The minimum absolute atomic E-state index is 0.158. The number of hydrogen-bond acceptors (Lipinski definition) is 3. The first-order valence-electron chi connectivity index (χ1n) is 10.5. The third-order valence-electron chi connectivity index (χ3n) is 4.82. The lowest BCUT2D eigenvalue weighted by Gasteiger charge is -2.31. The Kier molecular flexibility index (Phi) is 8.52. The SMILES string of the molecule is CC(C)c1ccc(OCC(=O)N(Cc2cccc(Cl)c2)[C@@H](C)C(=O)NC(C)(C)C)cc1. The first-order valence-corrected chi connectivity index (χ1v) is 10.9. The van der Waals surface area contributed by atoms with E-state index in [2.05, 4.69) is 19.2 Å². The molecule has 6 heteroatoms. The molecule has 5 nitrogen and oxygen atoms in total. The molecular formula is C25H33ClN2O3. The highest BCUT2D eigenvalue weighted by Crippen LogP contribution is 2.19. The van der Waals surface area contributed by atoms with Gasteiger partial charge in [-0.25, -0.2) is 0 Å². The summed E-state index contributed by atoms with van der Waals surface area (Å²) in [4.78, 5) is 27.4. The fourth-order valence-electron chi connectivity index (χ4n) is 3.07. The lowest BCUT2D eigenvalue weighted by atomic mass is 10.0. The van der Waals surface area contributed by atoms with Gasteiger partial charge in [-0.3, -0.25) is 9.59 Å². The van der Waals surface area contributed by atoms with E-state index in [1.807, 2.05) is 57.2 Å². The maximum absolute atomic E-state index is 13.1. The number of nitrogens with zero attached hydrogens (tertiary/aromatic N) is 1. The van der Waals surface area contributed by atoms with Crippen molar-refractivity contribution in [2.75, 3.05) is 6.61 Å². The molecule has 2 amide bonds. The highest BCUT2D eigenvalue weighted by Gasteiger charge is 2.28. The molecule has 168 valence electrons. The Balaban J connectivity index is 2.15. The van der Waals surface area contributed by atoms with Crippen LogP contribution in [0.3, 0.4) is 0 Å². The van der Waals surface area contributed by atoms with E-state index in [1.54, 1.807) is 19.1 Å². The largest absolute Gasteiger partial charge is 0.484 e. The summed E-state index contributed by atoms with van der Waals surface area (Å²) in [7, 11) is 0. The van der Waals surface area contributed by atoms with Gasteiger partial charge in [0.15, 0.2) is 6.61 Å². The average molecular weight is 445 g/mol. The molecule has 0 unspecified atom stereocenters. The first-order chi connectivity index (χ1) is 14.5. The van der Waals surface area contributed by atoms with Gasteiger partial charge in [0, 0.05) is 17.1 Å². The molecule has 2 aromatic rings. The lowest BCUT2D eigenvalue weighted by molar-refractivity contribution is -0.142. The van der Waals surface area contributed by atoms with Gasteiger partial charge < -0.3 is 15.0 Å². The fraction of sp³-hybridized carbons (Fsp3) is 0.440. The van der Waals surface area contributed by atoms with Crippen LogP contribution in [0.2, 0.25) is 5.02 Å². The Morgan fingerprint density at radius 2 is 1.71 bits per heavy atom. The van der Waals surface area contributed by atoms with E-state index >= 15 is 0 Å². The van der Waals surface area contributed by atoms with Crippen LogP contribution >= 0.6 is 11.6 Å². The molecule has 0 saturated heterocycles. The Labute approximate surface area is 190 Å². The molecule has 0 aromatic heterocycles. The molecule has 2 rings (SSSR count). The molecular weight excluding hydrogens is 412 g/mol. The maximum atomic E-state index is 13.1. The van der Waals surface area contributed by atoms with Crippen molar-refractivity contribution in [2.45, 2.75) is 65.6 Å². The summed E-state index contributed by atoms with van der Waals surface area (Å²) >= 11 is 6.11. The van der Waals surface area contributed by atoms with Crippen LogP contribution in [-0.2, 0) is 16.1 Å². The van der Waals surface area contributed by atoms with Crippen molar-refractivity contribution in [3.63, 3.8) is 0 Å². The predicted molar refractivity (Wildman–Crippen MR) is 125 cm³/mol. The molecule has 0 spiro atoms. The summed E-state index contributed by atoms with van der Waals surface area (Å²) < 4.78 is 5.73. The van der Waals surface area contributed by atoms with Gasteiger partial charge in [0.05, 0.1) is 0 Å². The van der Waals surface area contributed by atoms with Gasteiger partial charge in [0.25, 0.3) is 5.91 Å². The smallest absolute Gasteiger partial charge is 0.261 e. The van der Waals surface area contributed by atoms with Crippen LogP contribution in [0, 0.1) is 0 Å². The van der Waals surface area contributed by atoms with Crippen LogP contribution in [0.15, 0.2) is 48.5 Å². The van der Waals surface area contributed by atoms with Crippen LogP contribution in [-0.4, -0.2) is 34.9 Å². The summed E-state index contributed by atoms with van der Waals surface area (Å²) in [5.41, 5.74) is 1.65. The first kappa shape index (κ1) is 24.7. The van der Waals surface area contributed by atoms with Crippen molar-refractivity contribution in [1.82, 2.24) is 10.2 Å². The second kappa shape index (κ2) is 10.7. The topological polar surface area (TPSA) is 58.6 Å². The molecule has 1 atom stereocenters. The Morgan fingerprint density at radius 3 is 2.26 bits per heavy atom. The van der Waals surface area contributed by atoms with E-state index in [4.69, 9.17) is 16.3 Å². The Morgan fingerprint density at radius 1 is 1.06 bits per heavy atom. The van der Waals surface area contributed by atoms with Gasteiger partial charge in [0.1, 0.15) is 11.8 Å². The number of benzene rings is 2. The molecule has 0 saturated carbocycles. The third kappa shape index (κ3) is 7.91. The molecule has 1 N–H and O–H groups in total. The van der Waals surface area contributed by atoms with Gasteiger partial charge in [-0.1, -0.05) is 49.7 Å². The van der Waals surface area contributed by atoms with E-state index in [0.717, 1.165) is 5.56 Å². The maximum Gasteiger partial charge on any atom is 0.261 e. The Bertz CT molecular complexity index is 888. The zero-order valence-electron chi connectivity index (χ0n) is 19.2. The van der Waals surface area contributed by atoms with Crippen molar-refractivity contribution in [3.05, 3.63) is 64.7 Å². The van der Waals surface area contributed by atoms with Crippen LogP contribution in [0.1, 0.15) is 58.6 Å². The van der Waals surface area contributed by atoms with Gasteiger partial charge in [-0.2, -0.15) is 0 Å². The minimum Gasteiger partial charge on any atom is -0.484 e. The molecule has 0 aliphatic heterocycles. The van der Waals surface area contributed by atoms with Crippen LogP contribution in [0.5, 0.6) is 5.75 Å². The number of hydrogen-bond donors (Lipinski definition) is 1. The second-order valence-corrected chi connectivity index (χ2v) is 9.52. The van der Waals surface area contributed by atoms with Gasteiger partial charge in [0.2, 0.25) is 5.91 Å². The molecule has 0 aliphatic carbocycles. The highest BCUT2D eigenvalue weighted by molar-refractivity contribution is 6.30. The Hall–Kier alpha value is -2.53. The predicted octanol–water partition coefficient (Wildman–Crippen LogP) is 5.17.